The van der Waals surface area contributed by atoms with Crippen LogP contribution in [-0.4, -0.2) is 21.2 Å². The van der Waals surface area contributed by atoms with Gasteiger partial charge in [0.2, 0.25) is 0 Å². The molecule has 3 aromatic rings. The molecule has 3 rings (SSSR count). The molecule has 0 bridgehead atoms. The summed E-state index contributed by atoms with van der Waals surface area (Å²) >= 11 is 0. The highest BCUT2D eigenvalue weighted by Crippen LogP contribution is 2.11. The summed E-state index contributed by atoms with van der Waals surface area (Å²) in [6, 6.07) is 9.45. The van der Waals surface area contributed by atoms with Crippen molar-refractivity contribution in [2.75, 3.05) is 0 Å². The zero-order chi connectivity index (χ0) is 14.7. The maximum atomic E-state index is 11.9. The number of imidazole rings is 1. The van der Waals surface area contributed by atoms with Crippen LogP contribution in [0.4, 0.5) is 0 Å². The van der Waals surface area contributed by atoms with E-state index >= 15 is 0 Å². The molecule has 0 aliphatic carbocycles. The SMILES string of the molecule is C/C(=N\NC(=O)Cn1cnc2ccccc21)c1ccoc1. The second kappa shape index (κ2) is 5.62. The number of nitrogens with one attached hydrogen (secondary N) is 1. The maximum absolute atomic E-state index is 11.9. The van der Waals surface area contributed by atoms with Gasteiger partial charge >= 0.3 is 0 Å². The second-order valence-electron chi connectivity index (χ2n) is 4.61. The number of benzene rings is 1. The number of hydrogen-bond donors (Lipinski definition) is 1. The van der Waals surface area contributed by atoms with Gasteiger partial charge in [-0.05, 0) is 25.1 Å². The summed E-state index contributed by atoms with van der Waals surface area (Å²) in [5.74, 6) is -0.207. The lowest BCUT2D eigenvalue weighted by molar-refractivity contribution is -0.121. The fourth-order valence-electron chi connectivity index (χ4n) is 2.01. The first-order chi connectivity index (χ1) is 10.2. The van der Waals surface area contributed by atoms with Gasteiger partial charge in [0.25, 0.3) is 5.91 Å². The molecule has 0 aliphatic rings. The zero-order valence-corrected chi connectivity index (χ0v) is 11.5. The van der Waals surface area contributed by atoms with E-state index in [4.69, 9.17) is 4.42 Å². The Morgan fingerprint density at radius 1 is 1.38 bits per heavy atom. The summed E-state index contributed by atoms with van der Waals surface area (Å²) in [6.45, 7) is 1.97. The molecule has 0 saturated heterocycles. The van der Waals surface area contributed by atoms with Crippen LogP contribution in [0.25, 0.3) is 11.0 Å². The summed E-state index contributed by atoms with van der Waals surface area (Å²) in [5.41, 5.74) is 5.84. The number of nitrogens with zero attached hydrogens (tertiary/aromatic N) is 3. The Kier molecular flexibility index (Phi) is 3.51. The van der Waals surface area contributed by atoms with Gasteiger partial charge < -0.3 is 8.98 Å². The van der Waals surface area contributed by atoms with E-state index in [2.05, 4.69) is 15.5 Å². The van der Waals surface area contributed by atoms with Crippen LogP contribution in [0, 0.1) is 0 Å². The van der Waals surface area contributed by atoms with Crippen LogP contribution >= 0.6 is 0 Å². The molecule has 6 heteroatoms. The van der Waals surface area contributed by atoms with E-state index in [9.17, 15) is 4.79 Å². The van der Waals surface area contributed by atoms with Crippen molar-refractivity contribution in [2.24, 2.45) is 5.10 Å². The van der Waals surface area contributed by atoms with Crippen molar-refractivity contribution < 1.29 is 9.21 Å². The fourth-order valence-corrected chi connectivity index (χ4v) is 2.01. The highest BCUT2D eigenvalue weighted by molar-refractivity contribution is 5.98. The molecule has 6 nitrogen and oxygen atoms in total. The minimum absolute atomic E-state index is 0.169. The summed E-state index contributed by atoms with van der Waals surface area (Å²) < 4.78 is 6.76. The molecule has 106 valence electrons. The Labute approximate surface area is 121 Å². The Bertz CT molecular complexity index is 787. The van der Waals surface area contributed by atoms with Gasteiger partial charge in [0.1, 0.15) is 6.54 Å². The number of furan rings is 1. The van der Waals surface area contributed by atoms with Gasteiger partial charge in [-0.25, -0.2) is 10.4 Å². The number of amides is 1. The van der Waals surface area contributed by atoms with Gasteiger partial charge in [0, 0.05) is 5.56 Å². The van der Waals surface area contributed by atoms with E-state index in [1.54, 1.807) is 36.4 Å². The highest BCUT2D eigenvalue weighted by atomic mass is 16.3. The third-order valence-corrected chi connectivity index (χ3v) is 3.13. The van der Waals surface area contributed by atoms with Crippen LogP contribution in [0.3, 0.4) is 0 Å². The largest absolute Gasteiger partial charge is 0.472 e. The van der Waals surface area contributed by atoms with Crippen molar-refractivity contribution in [1.82, 2.24) is 15.0 Å². The molecule has 1 aromatic carbocycles. The quantitative estimate of drug-likeness (QED) is 0.589. The Morgan fingerprint density at radius 2 is 2.24 bits per heavy atom. The van der Waals surface area contributed by atoms with Gasteiger partial charge in [-0.15, -0.1) is 0 Å². The summed E-state index contributed by atoms with van der Waals surface area (Å²) in [5, 5.41) is 4.05. The average molecular weight is 282 g/mol. The van der Waals surface area contributed by atoms with Crippen molar-refractivity contribution in [3.05, 3.63) is 54.7 Å². The fraction of sp³-hybridized carbons (Fsp3) is 0.133. The van der Waals surface area contributed by atoms with E-state index < -0.39 is 0 Å². The number of aromatic nitrogens is 2. The smallest absolute Gasteiger partial charge is 0.260 e. The topological polar surface area (TPSA) is 72.4 Å². The molecule has 0 atom stereocenters. The third-order valence-electron chi connectivity index (χ3n) is 3.13. The monoisotopic (exact) mass is 282 g/mol. The molecule has 0 unspecified atom stereocenters. The summed E-state index contributed by atoms with van der Waals surface area (Å²) in [4.78, 5) is 16.2. The van der Waals surface area contributed by atoms with Crippen LogP contribution in [0.1, 0.15) is 12.5 Å². The molecule has 0 saturated carbocycles. The number of carbonyl (C=O) groups excluding carboxylic acids is 1. The van der Waals surface area contributed by atoms with Crippen LogP contribution < -0.4 is 5.43 Å². The number of carbonyl (C=O) groups is 1. The molecule has 2 aromatic heterocycles. The van der Waals surface area contributed by atoms with E-state index in [0.29, 0.717) is 5.71 Å². The lowest BCUT2D eigenvalue weighted by Crippen LogP contribution is -2.23. The maximum Gasteiger partial charge on any atom is 0.260 e. The molecule has 1 amide bonds. The zero-order valence-electron chi connectivity index (χ0n) is 11.5. The molecule has 21 heavy (non-hydrogen) atoms. The van der Waals surface area contributed by atoms with Crippen LogP contribution in [0.2, 0.25) is 0 Å². The molecule has 2 heterocycles. The number of hydrogen-bond acceptors (Lipinski definition) is 4. The standard InChI is InChI=1S/C15H14N4O2/c1-11(12-6-7-21-9-12)17-18-15(20)8-19-10-16-13-4-2-3-5-14(13)19/h2-7,9-10H,8H2,1H3,(H,18,20)/b17-11+. The van der Waals surface area contributed by atoms with Crippen molar-refractivity contribution in [1.29, 1.82) is 0 Å². The predicted molar refractivity (Wildman–Crippen MR) is 78.8 cm³/mol. The Morgan fingerprint density at radius 3 is 3.05 bits per heavy atom. The molecule has 0 aliphatic heterocycles. The van der Waals surface area contributed by atoms with Crippen LogP contribution in [-0.2, 0) is 11.3 Å². The third kappa shape index (κ3) is 2.84. The van der Waals surface area contributed by atoms with Gasteiger partial charge in [-0.2, -0.15) is 5.10 Å². The second-order valence-corrected chi connectivity index (χ2v) is 4.61. The number of rotatable bonds is 4. The summed E-state index contributed by atoms with van der Waals surface area (Å²) in [6.07, 6.45) is 4.79. The Hall–Kier alpha value is -2.89. The van der Waals surface area contributed by atoms with E-state index in [-0.39, 0.29) is 12.5 Å². The molecule has 0 fully saturated rings. The van der Waals surface area contributed by atoms with Crippen molar-refractivity contribution in [3.8, 4) is 0 Å². The molecule has 1 N–H and O–H groups in total. The summed E-state index contributed by atoms with van der Waals surface area (Å²) in [7, 11) is 0. The highest BCUT2D eigenvalue weighted by Gasteiger charge is 2.06. The van der Waals surface area contributed by atoms with E-state index in [0.717, 1.165) is 16.6 Å². The van der Waals surface area contributed by atoms with Gasteiger partial charge in [0.05, 0.1) is 35.6 Å². The Balaban J connectivity index is 1.68. The first-order valence-corrected chi connectivity index (χ1v) is 6.49. The number of hydrazone groups is 1. The number of para-hydroxylation sites is 2. The molecular weight excluding hydrogens is 268 g/mol. The van der Waals surface area contributed by atoms with E-state index in [1.807, 2.05) is 24.3 Å². The minimum Gasteiger partial charge on any atom is -0.472 e. The predicted octanol–water partition coefficient (Wildman–Crippen LogP) is 2.17. The van der Waals surface area contributed by atoms with Crippen molar-refractivity contribution in [2.45, 2.75) is 13.5 Å². The van der Waals surface area contributed by atoms with E-state index in [1.165, 1.54) is 0 Å². The van der Waals surface area contributed by atoms with Crippen LogP contribution in [0.5, 0.6) is 0 Å². The van der Waals surface area contributed by atoms with Gasteiger partial charge in [-0.3, -0.25) is 4.79 Å². The first kappa shape index (κ1) is 13.1. The van der Waals surface area contributed by atoms with Gasteiger partial charge in [-0.1, -0.05) is 12.1 Å². The average Bonchev–Trinajstić information content (AvgIpc) is 3.15. The minimum atomic E-state index is -0.207. The van der Waals surface area contributed by atoms with Gasteiger partial charge in [0.15, 0.2) is 0 Å². The number of fused-ring (bicyclic) bond motifs is 1. The normalized spacial score (nSPS) is 11.8. The lowest BCUT2D eigenvalue weighted by Gasteiger charge is -2.03. The van der Waals surface area contributed by atoms with Crippen LogP contribution in [0.15, 0.2) is 58.7 Å². The van der Waals surface area contributed by atoms with Crippen molar-refractivity contribution in [3.63, 3.8) is 0 Å². The first-order valence-electron chi connectivity index (χ1n) is 6.49. The lowest BCUT2D eigenvalue weighted by atomic mass is 10.2. The molecule has 0 radical (unpaired) electrons. The molecule has 0 spiro atoms. The van der Waals surface area contributed by atoms with Crippen molar-refractivity contribution >= 4 is 22.7 Å². The molecular formula is C15H14N4O2.